The molecule has 3 aromatic carbocycles. The minimum atomic E-state index is -0.157. The maximum absolute atomic E-state index is 13.0. The molecule has 9 nitrogen and oxygen atoms in total. The van der Waals surface area contributed by atoms with Crippen LogP contribution in [0, 0.1) is 0 Å². The molecule has 1 saturated heterocycles. The molecule has 0 bridgehead atoms. The van der Waals surface area contributed by atoms with Gasteiger partial charge < -0.3 is 29.0 Å². The van der Waals surface area contributed by atoms with E-state index in [0.717, 1.165) is 43.0 Å². The van der Waals surface area contributed by atoms with Crippen molar-refractivity contribution < 1.29 is 19.0 Å². The molecule has 0 unspecified atom stereocenters. The molecule has 0 saturated carbocycles. The van der Waals surface area contributed by atoms with E-state index in [1.807, 2.05) is 17.0 Å². The van der Waals surface area contributed by atoms with Crippen molar-refractivity contribution >= 4 is 22.8 Å². The summed E-state index contributed by atoms with van der Waals surface area (Å²) in [5.74, 6) is 2.50. The molecule has 2 amide bonds. The zero-order valence-corrected chi connectivity index (χ0v) is 22.0. The third-order valence-electron chi connectivity index (χ3n) is 6.86. The molecule has 2 heterocycles. The summed E-state index contributed by atoms with van der Waals surface area (Å²) in [7, 11) is 4.65. The molecule has 1 aliphatic rings. The number of carbonyl (C=O) groups is 1. The molecular formula is C29H33N5O4. The number of imidazole rings is 1. The minimum absolute atomic E-state index is 0.157. The molecule has 1 fully saturated rings. The van der Waals surface area contributed by atoms with Gasteiger partial charge in [-0.2, -0.15) is 0 Å². The number of urea groups is 1. The summed E-state index contributed by atoms with van der Waals surface area (Å²) >= 11 is 0. The average Bonchev–Trinajstić information content (AvgIpc) is 3.29. The lowest BCUT2D eigenvalue weighted by Crippen LogP contribution is -2.49. The summed E-state index contributed by atoms with van der Waals surface area (Å²) in [5.41, 5.74) is 3.96. The van der Waals surface area contributed by atoms with Crippen LogP contribution in [0.15, 0.2) is 66.7 Å². The Balaban J connectivity index is 1.24. The Morgan fingerprint density at radius 1 is 0.842 bits per heavy atom. The van der Waals surface area contributed by atoms with Crippen LogP contribution in [0.2, 0.25) is 0 Å². The zero-order valence-electron chi connectivity index (χ0n) is 22.0. The number of aromatic nitrogens is 2. The van der Waals surface area contributed by atoms with Gasteiger partial charge in [-0.25, -0.2) is 9.78 Å². The summed E-state index contributed by atoms with van der Waals surface area (Å²) < 4.78 is 18.5. The summed E-state index contributed by atoms with van der Waals surface area (Å²) in [5, 5.41) is 2.97. The molecule has 0 spiro atoms. The Morgan fingerprint density at radius 2 is 1.50 bits per heavy atom. The number of methoxy groups -OCH3 is 3. The van der Waals surface area contributed by atoms with Gasteiger partial charge in [-0.3, -0.25) is 4.90 Å². The van der Waals surface area contributed by atoms with Crippen LogP contribution in [0.25, 0.3) is 11.0 Å². The molecule has 5 rings (SSSR count). The number of rotatable bonds is 8. The lowest BCUT2D eigenvalue weighted by Gasteiger charge is -2.34. The topological polar surface area (TPSA) is 81.1 Å². The molecule has 198 valence electrons. The van der Waals surface area contributed by atoms with Crippen molar-refractivity contribution in [2.75, 3.05) is 52.8 Å². The lowest BCUT2D eigenvalue weighted by atomic mass is 10.2. The van der Waals surface area contributed by atoms with Crippen LogP contribution >= 0.6 is 0 Å². The number of hydrogen-bond acceptors (Lipinski definition) is 6. The van der Waals surface area contributed by atoms with Gasteiger partial charge in [-0.1, -0.05) is 42.5 Å². The van der Waals surface area contributed by atoms with Crippen molar-refractivity contribution in [1.82, 2.24) is 19.4 Å². The SMILES string of the molecule is COc1cc(NC(=O)N2CCN(Cc3nc4ccccc4n3Cc3ccccc3)CC2)cc(OC)c1OC. The zero-order chi connectivity index (χ0) is 26.5. The first-order chi connectivity index (χ1) is 18.6. The molecule has 4 aromatic rings. The Labute approximate surface area is 222 Å². The normalized spacial score (nSPS) is 13.9. The van der Waals surface area contributed by atoms with Gasteiger partial charge in [0.15, 0.2) is 11.5 Å². The predicted molar refractivity (Wildman–Crippen MR) is 147 cm³/mol. The van der Waals surface area contributed by atoms with Gasteiger partial charge in [0.05, 0.1) is 44.6 Å². The first-order valence-corrected chi connectivity index (χ1v) is 12.7. The van der Waals surface area contributed by atoms with Gasteiger partial charge in [-0.15, -0.1) is 0 Å². The molecule has 0 aliphatic carbocycles. The highest BCUT2D eigenvalue weighted by molar-refractivity contribution is 5.90. The van der Waals surface area contributed by atoms with E-state index in [2.05, 4.69) is 57.2 Å². The minimum Gasteiger partial charge on any atom is -0.493 e. The fourth-order valence-electron chi connectivity index (χ4n) is 4.85. The maximum Gasteiger partial charge on any atom is 0.321 e. The van der Waals surface area contributed by atoms with Crippen molar-refractivity contribution in [3.05, 3.63) is 78.1 Å². The highest BCUT2D eigenvalue weighted by Crippen LogP contribution is 2.40. The van der Waals surface area contributed by atoms with E-state index in [1.165, 1.54) is 5.56 Å². The van der Waals surface area contributed by atoms with E-state index in [0.29, 0.717) is 36.0 Å². The smallest absolute Gasteiger partial charge is 0.321 e. The number of anilines is 1. The second-order valence-corrected chi connectivity index (χ2v) is 9.20. The van der Waals surface area contributed by atoms with Gasteiger partial charge in [0.2, 0.25) is 5.75 Å². The van der Waals surface area contributed by atoms with Gasteiger partial charge in [0.25, 0.3) is 0 Å². The van der Waals surface area contributed by atoms with Crippen molar-refractivity contribution in [2.24, 2.45) is 0 Å². The fourth-order valence-corrected chi connectivity index (χ4v) is 4.85. The summed E-state index contributed by atoms with van der Waals surface area (Å²) in [6, 6.07) is 22.0. The number of benzene rings is 3. The average molecular weight is 516 g/mol. The number of ether oxygens (including phenoxy) is 3. The van der Waals surface area contributed by atoms with Gasteiger partial charge in [-0.05, 0) is 17.7 Å². The van der Waals surface area contributed by atoms with E-state index in [4.69, 9.17) is 19.2 Å². The van der Waals surface area contributed by atoms with E-state index in [1.54, 1.807) is 33.5 Å². The quantitative estimate of drug-likeness (QED) is 0.373. The van der Waals surface area contributed by atoms with Crippen LogP contribution in [0.1, 0.15) is 11.4 Å². The first-order valence-electron chi connectivity index (χ1n) is 12.7. The summed E-state index contributed by atoms with van der Waals surface area (Å²) in [6.07, 6.45) is 0. The number of piperazine rings is 1. The number of amides is 2. The Morgan fingerprint density at radius 3 is 2.16 bits per heavy atom. The molecule has 1 aliphatic heterocycles. The van der Waals surface area contributed by atoms with Crippen molar-refractivity contribution in [1.29, 1.82) is 0 Å². The molecule has 0 atom stereocenters. The van der Waals surface area contributed by atoms with E-state index in [9.17, 15) is 4.79 Å². The number of carbonyl (C=O) groups excluding carboxylic acids is 1. The van der Waals surface area contributed by atoms with Gasteiger partial charge >= 0.3 is 6.03 Å². The molecular weight excluding hydrogens is 482 g/mol. The Bertz CT molecular complexity index is 1370. The molecule has 1 N–H and O–H groups in total. The van der Waals surface area contributed by atoms with Crippen molar-refractivity contribution in [2.45, 2.75) is 13.1 Å². The number of nitrogens with zero attached hydrogens (tertiary/aromatic N) is 4. The van der Waals surface area contributed by atoms with Crippen LogP contribution in [0.3, 0.4) is 0 Å². The first kappa shape index (κ1) is 25.4. The van der Waals surface area contributed by atoms with Crippen molar-refractivity contribution in [3.63, 3.8) is 0 Å². The fraction of sp³-hybridized carbons (Fsp3) is 0.310. The highest BCUT2D eigenvalue weighted by atomic mass is 16.5. The van der Waals surface area contributed by atoms with Crippen molar-refractivity contribution in [3.8, 4) is 17.2 Å². The Hall–Kier alpha value is -4.24. The van der Waals surface area contributed by atoms with Gasteiger partial charge in [0, 0.05) is 44.9 Å². The molecule has 38 heavy (non-hydrogen) atoms. The number of fused-ring (bicyclic) bond motifs is 1. The largest absolute Gasteiger partial charge is 0.493 e. The van der Waals surface area contributed by atoms with Crippen LogP contribution < -0.4 is 19.5 Å². The van der Waals surface area contributed by atoms with Crippen LogP contribution in [0.5, 0.6) is 17.2 Å². The second kappa shape index (κ2) is 11.4. The Kier molecular flexibility index (Phi) is 7.65. The third kappa shape index (κ3) is 5.38. The number of nitrogens with one attached hydrogen (secondary N) is 1. The molecule has 1 aromatic heterocycles. The third-order valence-corrected chi connectivity index (χ3v) is 6.86. The van der Waals surface area contributed by atoms with Crippen LogP contribution in [0.4, 0.5) is 10.5 Å². The van der Waals surface area contributed by atoms with Crippen LogP contribution in [-0.4, -0.2) is 72.9 Å². The standard InChI is InChI=1S/C29H33N5O4/c1-36-25-17-22(18-26(37-2)28(25)38-3)30-29(35)33-15-13-32(14-16-33)20-27-31-23-11-7-8-12-24(23)34(27)19-21-9-5-4-6-10-21/h4-12,17-18H,13-16,19-20H2,1-3H3,(H,30,35). The van der Waals surface area contributed by atoms with E-state index >= 15 is 0 Å². The number of para-hydroxylation sites is 2. The summed E-state index contributed by atoms with van der Waals surface area (Å²) in [6.45, 7) is 4.26. The van der Waals surface area contributed by atoms with Crippen LogP contribution in [-0.2, 0) is 13.1 Å². The van der Waals surface area contributed by atoms with Gasteiger partial charge in [0.1, 0.15) is 5.82 Å². The predicted octanol–water partition coefficient (Wildman–Crippen LogP) is 4.46. The highest BCUT2D eigenvalue weighted by Gasteiger charge is 2.24. The maximum atomic E-state index is 13.0. The van der Waals surface area contributed by atoms with E-state index in [-0.39, 0.29) is 6.03 Å². The number of hydrogen-bond donors (Lipinski definition) is 1. The van der Waals surface area contributed by atoms with E-state index < -0.39 is 0 Å². The summed E-state index contributed by atoms with van der Waals surface area (Å²) in [4.78, 5) is 22.2. The lowest BCUT2D eigenvalue weighted by molar-refractivity contribution is 0.140. The monoisotopic (exact) mass is 515 g/mol. The molecule has 0 radical (unpaired) electrons. The second-order valence-electron chi connectivity index (χ2n) is 9.20. The molecule has 9 heteroatoms.